The van der Waals surface area contributed by atoms with Crippen LogP contribution in [0.3, 0.4) is 0 Å². The van der Waals surface area contributed by atoms with Crippen LogP contribution in [0.1, 0.15) is 12.6 Å². The number of amides is 1. The first kappa shape index (κ1) is 10.3. The first-order chi connectivity index (χ1) is 6.65. The summed E-state index contributed by atoms with van der Waals surface area (Å²) in [6.45, 7) is 6.15. The summed E-state index contributed by atoms with van der Waals surface area (Å²) in [4.78, 5) is 10.7. The van der Waals surface area contributed by atoms with Gasteiger partial charge in [-0.05, 0) is 13.0 Å². The van der Waals surface area contributed by atoms with Gasteiger partial charge in [-0.3, -0.25) is 9.48 Å². The maximum Gasteiger partial charge on any atom is 0.239 e. The van der Waals surface area contributed by atoms with Crippen molar-refractivity contribution in [3.63, 3.8) is 0 Å². The van der Waals surface area contributed by atoms with Crippen LogP contribution in [-0.2, 0) is 16.1 Å². The van der Waals surface area contributed by atoms with Crippen molar-refractivity contribution in [2.45, 2.75) is 13.5 Å². The number of carbonyl (C=O) groups excluding carboxylic acids is 1. The predicted octanol–water partition coefficient (Wildman–Crippen LogP) is 0.376. The van der Waals surface area contributed by atoms with Gasteiger partial charge in [0.2, 0.25) is 5.91 Å². The van der Waals surface area contributed by atoms with Gasteiger partial charge in [-0.15, -0.1) is 0 Å². The van der Waals surface area contributed by atoms with Crippen LogP contribution in [-0.4, -0.2) is 22.3 Å². The van der Waals surface area contributed by atoms with Crippen LogP contribution in [0.15, 0.2) is 18.8 Å². The fourth-order valence-corrected chi connectivity index (χ4v) is 1.09. The quantitative estimate of drug-likeness (QED) is 0.690. The fourth-order valence-electron chi connectivity index (χ4n) is 1.09. The van der Waals surface area contributed by atoms with Crippen molar-refractivity contribution >= 4 is 11.7 Å². The lowest BCUT2D eigenvalue weighted by Gasteiger charge is -2.08. The smallest absolute Gasteiger partial charge is 0.239 e. The molecule has 1 heterocycles. The molecule has 1 amide bonds. The third-order valence-corrected chi connectivity index (χ3v) is 1.63. The van der Waals surface area contributed by atoms with Crippen molar-refractivity contribution in [1.29, 1.82) is 0 Å². The van der Waals surface area contributed by atoms with E-state index >= 15 is 0 Å². The Morgan fingerprint density at radius 2 is 2.50 bits per heavy atom. The van der Waals surface area contributed by atoms with E-state index in [1.165, 1.54) is 4.68 Å². The standard InChI is InChI=1S/C9H13N3O2/c1-3-14-7(2)8-4-5-11-12(8)6-9(10)13/h4-5H,2-3,6H2,1H3,(H2,10,13). The van der Waals surface area contributed by atoms with Crippen molar-refractivity contribution in [3.05, 3.63) is 24.5 Å². The van der Waals surface area contributed by atoms with E-state index in [0.717, 1.165) is 0 Å². The molecule has 1 rings (SSSR count). The third kappa shape index (κ3) is 2.35. The van der Waals surface area contributed by atoms with Crippen molar-refractivity contribution in [1.82, 2.24) is 9.78 Å². The largest absolute Gasteiger partial charge is 0.492 e. The van der Waals surface area contributed by atoms with E-state index in [2.05, 4.69) is 11.7 Å². The summed E-state index contributed by atoms with van der Waals surface area (Å²) in [5.74, 6) is 0.0468. The highest BCUT2D eigenvalue weighted by molar-refractivity contribution is 5.74. The number of nitrogens with zero attached hydrogens (tertiary/aromatic N) is 2. The molecule has 1 aromatic rings. The Labute approximate surface area is 82.2 Å². The normalized spacial score (nSPS) is 9.79. The van der Waals surface area contributed by atoms with Crippen LogP contribution in [0.4, 0.5) is 0 Å². The van der Waals surface area contributed by atoms with Crippen LogP contribution >= 0.6 is 0 Å². The molecule has 0 aliphatic heterocycles. The number of hydrogen-bond donors (Lipinski definition) is 1. The second-order valence-electron chi connectivity index (χ2n) is 2.70. The topological polar surface area (TPSA) is 70.1 Å². The number of ether oxygens (including phenoxy) is 1. The van der Waals surface area contributed by atoms with Gasteiger partial charge in [0.15, 0.2) is 0 Å². The first-order valence-electron chi connectivity index (χ1n) is 4.27. The number of hydrogen-bond acceptors (Lipinski definition) is 3. The number of carbonyl (C=O) groups is 1. The molecule has 0 radical (unpaired) electrons. The van der Waals surface area contributed by atoms with Gasteiger partial charge in [0.1, 0.15) is 18.0 Å². The van der Waals surface area contributed by atoms with Crippen LogP contribution < -0.4 is 5.73 Å². The molecule has 0 aromatic carbocycles. The third-order valence-electron chi connectivity index (χ3n) is 1.63. The number of nitrogens with two attached hydrogens (primary N) is 1. The van der Waals surface area contributed by atoms with Gasteiger partial charge in [-0.1, -0.05) is 6.58 Å². The van der Waals surface area contributed by atoms with Gasteiger partial charge >= 0.3 is 0 Å². The lowest BCUT2D eigenvalue weighted by Crippen LogP contribution is -2.20. The van der Waals surface area contributed by atoms with E-state index in [-0.39, 0.29) is 6.54 Å². The molecule has 0 atom stereocenters. The molecule has 14 heavy (non-hydrogen) atoms. The van der Waals surface area contributed by atoms with E-state index in [4.69, 9.17) is 10.5 Å². The minimum absolute atomic E-state index is 0.0361. The van der Waals surface area contributed by atoms with Gasteiger partial charge in [0, 0.05) is 6.20 Å². The van der Waals surface area contributed by atoms with Crippen LogP contribution in [0, 0.1) is 0 Å². The molecule has 0 unspecified atom stereocenters. The van der Waals surface area contributed by atoms with Crippen molar-refractivity contribution in [3.8, 4) is 0 Å². The first-order valence-corrected chi connectivity index (χ1v) is 4.27. The molecule has 0 saturated heterocycles. The summed E-state index contributed by atoms with van der Waals surface area (Å²) < 4.78 is 6.66. The van der Waals surface area contributed by atoms with E-state index in [0.29, 0.717) is 18.1 Å². The monoisotopic (exact) mass is 195 g/mol. The molecule has 0 spiro atoms. The number of rotatable bonds is 5. The Morgan fingerprint density at radius 1 is 1.79 bits per heavy atom. The Hall–Kier alpha value is -1.78. The SMILES string of the molecule is C=C(OCC)c1ccnn1CC(N)=O. The van der Waals surface area contributed by atoms with Crippen LogP contribution in [0.25, 0.3) is 5.76 Å². The predicted molar refractivity (Wildman–Crippen MR) is 52.1 cm³/mol. The van der Waals surface area contributed by atoms with Gasteiger partial charge in [0.25, 0.3) is 0 Å². The minimum atomic E-state index is -0.445. The summed E-state index contributed by atoms with van der Waals surface area (Å²) in [6, 6.07) is 1.72. The summed E-state index contributed by atoms with van der Waals surface area (Å²) in [6.07, 6.45) is 1.57. The van der Waals surface area contributed by atoms with E-state index in [1.807, 2.05) is 6.92 Å². The highest BCUT2D eigenvalue weighted by Crippen LogP contribution is 2.12. The Bertz CT molecular complexity index is 344. The maximum absolute atomic E-state index is 10.7. The zero-order chi connectivity index (χ0) is 10.6. The molecular formula is C9H13N3O2. The van der Waals surface area contributed by atoms with Crippen molar-refractivity contribution < 1.29 is 9.53 Å². The Balaban J connectivity index is 2.81. The molecule has 0 aliphatic carbocycles. The van der Waals surface area contributed by atoms with Gasteiger partial charge in [-0.25, -0.2) is 0 Å². The molecule has 5 nitrogen and oxygen atoms in total. The summed E-state index contributed by atoms with van der Waals surface area (Å²) in [7, 11) is 0. The highest BCUT2D eigenvalue weighted by Gasteiger charge is 2.08. The van der Waals surface area contributed by atoms with E-state index < -0.39 is 5.91 Å². The number of primary amides is 1. The zero-order valence-electron chi connectivity index (χ0n) is 8.06. The van der Waals surface area contributed by atoms with Gasteiger partial charge in [-0.2, -0.15) is 5.10 Å². The second-order valence-corrected chi connectivity index (χ2v) is 2.70. The lowest BCUT2D eigenvalue weighted by atomic mass is 10.4. The zero-order valence-corrected chi connectivity index (χ0v) is 8.06. The highest BCUT2D eigenvalue weighted by atomic mass is 16.5. The van der Waals surface area contributed by atoms with Gasteiger partial charge < -0.3 is 10.5 Å². The second kappa shape index (κ2) is 4.45. The molecule has 76 valence electrons. The molecule has 0 saturated carbocycles. The Morgan fingerprint density at radius 3 is 3.07 bits per heavy atom. The molecule has 0 fully saturated rings. The molecular weight excluding hydrogens is 182 g/mol. The van der Waals surface area contributed by atoms with Crippen molar-refractivity contribution in [2.75, 3.05) is 6.61 Å². The molecule has 1 aromatic heterocycles. The van der Waals surface area contributed by atoms with E-state index in [9.17, 15) is 4.79 Å². The summed E-state index contributed by atoms with van der Waals surface area (Å²) in [5.41, 5.74) is 5.73. The van der Waals surface area contributed by atoms with E-state index in [1.54, 1.807) is 12.3 Å². The average molecular weight is 195 g/mol. The van der Waals surface area contributed by atoms with Crippen LogP contribution in [0.2, 0.25) is 0 Å². The molecule has 5 heteroatoms. The fraction of sp³-hybridized carbons (Fsp3) is 0.333. The minimum Gasteiger partial charge on any atom is -0.492 e. The lowest BCUT2D eigenvalue weighted by molar-refractivity contribution is -0.118. The average Bonchev–Trinajstić information content (AvgIpc) is 2.51. The van der Waals surface area contributed by atoms with Gasteiger partial charge in [0.05, 0.1) is 6.61 Å². The maximum atomic E-state index is 10.7. The molecule has 2 N–H and O–H groups in total. The van der Waals surface area contributed by atoms with Crippen molar-refractivity contribution in [2.24, 2.45) is 5.73 Å². The summed E-state index contributed by atoms with van der Waals surface area (Å²) >= 11 is 0. The number of aromatic nitrogens is 2. The van der Waals surface area contributed by atoms with Crippen LogP contribution in [0.5, 0.6) is 0 Å². The molecule has 0 aliphatic rings. The Kier molecular flexibility index (Phi) is 3.28. The molecule has 0 bridgehead atoms. The summed E-state index contributed by atoms with van der Waals surface area (Å²) in [5, 5.41) is 3.93.